The molecule has 0 aliphatic heterocycles. The Labute approximate surface area is 110 Å². The molecule has 1 atom stereocenters. The molecule has 1 amide bonds. The van der Waals surface area contributed by atoms with Crippen LogP contribution in [0.4, 0.5) is 0 Å². The fourth-order valence-corrected chi connectivity index (χ4v) is 3.44. The van der Waals surface area contributed by atoms with Gasteiger partial charge in [-0.3, -0.25) is 4.79 Å². The Kier molecular flexibility index (Phi) is 2.74. The normalized spacial score (nSPS) is 24.2. The van der Waals surface area contributed by atoms with Gasteiger partial charge < -0.3 is 5.32 Å². The van der Waals surface area contributed by atoms with E-state index in [4.69, 9.17) is 0 Å². The summed E-state index contributed by atoms with van der Waals surface area (Å²) in [6.07, 6.45) is 4.35. The highest BCUT2D eigenvalue weighted by Crippen LogP contribution is 2.38. The van der Waals surface area contributed by atoms with Crippen LogP contribution < -0.4 is 5.32 Å². The number of halogens is 1. The van der Waals surface area contributed by atoms with Crippen molar-refractivity contribution in [2.75, 3.05) is 5.33 Å². The van der Waals surface area contributed by atoms with Crippen LogP contribution in [0.2, 0.25) is 0 Å². The maximum Gasteiger partial charge on any atom is 0.228 e. The lowest BCUT2D eigenvalue weighted by Crippen LogP contribution is -2.56. The summed E-state index contributed by atoms with van der Waals surface area (Å²) in [5, 5.41) is 4.11. The minimum atomic E-state index is 0.0433. The molecule has 0 heterocycles. The molecule has 0 saturated heterocycles. The average Bonchev–Trinajstić information content (AvgIpc) is 2.25. The van der Waals surface area contributed by atoms with Crippen molar-refractivity contribution < 1.29 is 4.79 Å². The molecule has 0 spiro atoms. The van der Waals surface area contributed by atoms with E-state index in [0.29, 0.717) is 0 Å². The number of amides is 1. The van der Waals surface area contributed by atoms with E-state index in [-0.39, 0.29) is 17.4 Å². The number of hydrogen-bond acceptors (Lipinski definition) is 1. The lowest BCUT2D eigenvalue weighted by atomic mass is 9.74. The molecule has 1 aromatic carbocycles. The summed E-state index contributed by atoms with van der Waals surface area (Å²) in [6, 6.07) is 8.24. The number of rotatable bonds is 3. The second-order valence-corrected chi connectivity index (χ2v) is 5.77. The van der Waals surface area contributed by atoms with Crippen LogP contribution in [0.5, 0.6) is 0 Å². The standard InChI is InChI=1S/C14H16BrNO/c15-9-14(6-3-7-14)16-13(17)12-8-10-4-1-2-5-11(10)12/h1-2,4-5,12H,3,6-9H2,(H,16,17). The number of benzene rings is 1. The monoisotopic (exact) mass is 293 g/mol. The SMILES string of the molecule is O=C(NC1(CBr)CCC1)C1Cc2ccccc21. The zero-order chi connectivity index (χ0) is 11.9. The van der Waals surface area contributed by atoms with Crippen molar-refractivity contribution in [1.29, 1.82) is 0 Å². The highest BCUT2D eigenvalue weighted by molar-refractivity contribution is 9.09. The summed E-state index contributed by atoms with van der Waals surface area (Å²) >= 11 is 3.52. The molecule has 2 nitrogen and oxygen atoms in total. The highest BCUT2D eigenvalue weighted by atomic mass is 79.9. The molecule has 3 rings (SSSR count). The molecule has 0 aromatic heterocycles. The van der Waals surface area contributed by atoms with E-state index in [2.05, 4.69) is 33.4 Å². The van der Waals surface area contributed by atoms with Crippen LogP contribution in [0.3, 0.4) is 0 Å². The average molecular weight is 294 g/mol. The van der Waals surface area contributed by atoms with E-state index in [1.807, 2.05) is 12.1 Å². The van der Waals surface area contributed by atoms with Crippen LogP contribution in [-0.4, -0.2) is 16.8 Å². The zero-order valence-corrected chi connectivity index (χ0v) is 11.3. The van der Waals surface area contributed by atoms with Crippen molar-refractivity contribution in [3.05, 3.63) is 35.4 Å². The van der Waals surface area contributed by atoms with Gasteiger partial charge in [0.25, 0.3) is 0 Å². The van der Waals surface area contributed by atoms with Gasteiger partial charge in [-0.1, -0.05) is 40.2 Å². The highest BCUT2D eigenvalue weighted by Gasteiger charge is 2.40. The topological polar surface area (TPSA) is 29.1 Å². The fourth-order valence-electron chi connectivity index (χ4n) is 2.74. The molecule has 0 bridgehead atoms. The van der Waals surface area contributed by atoms with Crippen LogP contribution >= 0.6 is 15.9 Å². The molecular weight excluding hydrogens is 278 g/mol. The first kappa shape index (κ1) is 11.3. The summed E-state index contributed by atoms with van der Waals surface area (Å²) in [7, 11) is 0. The zero-order valence-electron chi connectivity index (χ0n) is 9.71. The van der Waals surface area contributed by atoms with Gasteiger partial charge in [0.15, 0.2) is 0 Å². The van der Waals surface area contributed by atoms with E-state index < -0.39 is 0 Å². The van der Waals surface area contributed by atoms with Crippen molar-refractivity contribution in [2.24, 2.45) is 0 Å². The third kappa shape index (κ3) is 1.81. The molecular formula is C14H16BrNO. The van der Waals surface area contributed by atoms with Gasteiger partial charge in [-0.2, -0.15) is 0 Å². The van der Waals surface area contributed by atoms with E-state index in [1.54, 1.807) is 0 Å². The summed E-state index contributed by atoms with van der Waals surface area (Å²) in [5.41, 5.74) is 2.59. The first-order chi connectivity index (χ1) is 8.24. The number of nitrogens with one attached hydrogen (secondary N) is 1. The molecule has 1 saturated carbocycles. The maximum atomic E-state index is 12.2. The molecule has 1 N–H and O–H groups in total. The molecule has 1 unspecified atom stereocenters. The first-order valence-corrected chi connectivity index (χ1v) is 7.32. The van der Waals surface area contributed by atoms with Crippen LogP contribution in [0.15, 0.2) is 24.3 Å². The molecule has 1 fully saturated rings. The van der Waals surface area contributed by atoms with Gasteiger partial charge in [-0.25, -0.2) is 0 Å². The van der Waals surface area contributed by atoms with Gasteiger partial charge >= 0.3 is 0 Å². The van der Waals surface area contributed by atoms with E-state index in [9.17, 15) is 4.79 Å². The Morgan fingerprint density at radius 1 is 1.41 bits per heavy atom. The number of carbonyl (C=O) groups excluding carboxylic acids is 1. The molecule has 90 valence electrons. The Bertz CT molecular complexity index is 448. The molecule has 1 aromatic rings. The second-order valence-electron chi connectivity index (χ2n) is 5.21. The van der Waals surface area contributed by atoms with Crippen LogP contribution in [0, 0.1) is 0 Å². The Morgan fingerprint density at radius 2 is 2.18 bits per heavy atom. The number of hydrogen-bond donors (Lipinski definition) is 1. The predicted molar refractivity (Wildman–Crippen MR) is 71.4 cm³/mol. The quantitative estimate of drug-likeness (QED) is 0.853. The molecule has 2 aliphatic rings. The van der Waals surface area contributed by atoms with E-state index in [0.717, 1.165) is 24.6 Å². The van der Waals surface area contributed by atoms with Crippen LogP contribution in [-0.2, 0) is 11.2 Å². The summed E-state index contributed by atoms with van der Waals surface area (Å²) in [5.74, 6) is 0.297. The smallest absolute Gasteiger partial charge is 0.228 e. The largest absolute Gasteiger partial charge is 0.349 e. The number of alkyl halides is 1. The summed E-state index contributed by atoms with van der Waals surface area (Å²) < 4.78 is 0. The van der Waals surface area contributed by atoms with Gasteiger partial charge in [0.1, 0.15) is 0 Å². The Morgan fingerprint density at radius 3 is 2.76 bits per heavy atom. The lowest BCUT2D eigenvalue weighted by Gasteiger charge is -2.43. The Balaban J connectivity index is 1.69. The van der Waals surface area contributed by atoms with E-state index in [1.165, 1.54) is 17.5 Å². The minimum Gasteiger partial charge on any atom is -0.349 e. The van der Waals surface area contributed by atoms with Crippen molar-refractivity contribution >= 4 is 21.8 Å². The number of carbonyl (C=O) groups is 1. The van der Waals surface area contributed by atoms with E-state index >= 15 is 0 Å². The molecule has 2 aliphatic carbocycles. The molecule has 0 radical (unpaired) electrons. The Hall–Kier alpha value is -0.830. The summed E-state index contributed by atoms with van der Waals surface area (Å²) in [6.45, 7) is 0. The van der Waals surface area contributed by atoms with Gasteiger partial charge in [-0.05, 0) is 36.8 Å². The van der Waals surface area contributed by atoms with Gasteiger partial charge in [0.2, 0.25) is 5.91 Å². The maximum absolute atomic E-state index is 12.2. The van der Waals surface area contributed by atoms with Crippen molar-refractivity contribution in [3.63, 3.8) is 0 Å². The summed E-state index contributed by atoms with van der Waals surface area (Å²) in [4.78, 5) is 12.2. The van der Waals surface area contributed by atoms with Gasteiger partial charge in [0.05, 0.1) is 5.92 Å². The predicted octanol–water partition coefficient (Wildman–Crippen LogP) is 2.76. The minimum absolute atomic E-state index is 0.0433. The second kappa shape index (κ2) is 4.13. The molecule has 17 heavy (non-hydrogen) atoms. The van der Waals surface area contributed by atoms with Gasteiger partial charge in [0, 0.05) is 10.9 Å². The van der Waals surface area contributed by atoms with Gasteiger partial charge in [-0.15, -0.1) is 0 Å². The van der Waals surface area contributed by atoms with Crippen LogP contribution in [0.25, 0.3) is 0 Å². The third-order valence-electron chi connectivity index (χ3n) is 4.13. The van der Waals surface area contributed by atoms with Crippen molar-refractivity contribution in [2.45, 2.75) is 37.1 Å². The third-order valence-corrected chi connectivity index (χ3v) is 5.20. The van der Waals surface area contributed by atoms with Crippen molar-refractivity contribution in [1.82, 2.24) is 5.32 Å². The lowest BCUT2D eigenvalue weighted by molar-refractivity contribution is -0.125. The number of fused-ring (bicyclic) bond motifs is 1. The van der Waals surface area contributed by atoms with Crippen LogP contribution in [0.1, 0.15) is 36.3 Å². The molecule has 3 heteroatoms. The first-order valence-electron chi connectivity index (χ1n) is 6.20. The van der Waals surface area contributed by atoms with Crippen molar-refractivity contribution in [3.8, 4) is 0 Å². The fraction of sp³-hybridized carbons (Fsp3) is 0.500.